The van der Waals surface area contributed by atoms with Crippen LogP contribution in [0.4, 0.5) is 16.0 Å². The van der Waals surface area contributed by atoms with Gasteiger partial charge in [-0.3, -0.25) is 4.79 Å². The van der Waals surface area contributed by atoms with Crippen molar-refractivity contribution in [2.75, 3.05) is 24.9 Å². The molecule has 2 aliphatic rings. The van der Waals surface area contributed by atoms with Gasteiger partial charge in [0.05, 0.1) is 20.3 Å². The fourth-order valence-electron chi connectivity index (χ4n) is 4.37. The number of methoxy groups -OCH3 is 2. The molecule has 2 atom stereocenters. The minimum Gasteiger partial charge on any atom is -0.497 e. The molecular weight excluding hydrogens is 415 g/mol. The van der Waals surface area contributed by atoms with Crippen LogP contribution >= 0.6 is 0 Å². The monoisotopic (exact) mass is 436 g/mol. The van der Waals surface area contributed by atoms with Gasteiger partial charge in [-0.25, -0.2) is 9.02 Å². The number of carbonyl (C=O) groups is 1. The maximum Gasteiger partial charge on any atom is 0.219 e. The molecule has 0 fully saturated rings. The van der Waals surface area contributed by atoms with Crippen LogP contribution < -0.4 is 20.1 Å². The molecule has 8 nitrogen and oxygen atoms in total. The molecule has 0 saturated carbocycles. The number of ketones is 1. The number of hydrogen-bond acceptors (Lipinski definition) is 8. The zero-order chi connectivity index (χ0) is 22.2. The van der Waals surface area contributed by atoms with E-state index in [2.05, 4.69) is 20.9 Å². The van der Waals surface area contributed by atoms with Crippen molar-refractivity contribution in [3.05, 3.63) is 70.7 Å². The Labute approximate surface area is 183 Å². The van der Waals surface area contributed by atoms with Crippen molar-refractivity contribution in [2.24, 2.45) is 0 Å². The molecule has 164 valence electrons. The average molecular weight is 436 g/mol. The second kappa shape index (κ2) is 7.99. The lowest BCUT2D eigenvalue weighted by Crippen LogP contribution is -2.27. The molecule has 2 heterocycles. The zero-order valence-electron chi connectivity index (χ0n) is 17.5. The van der Waals surface area contributed by atoms with Crippen LogP contribution in [0.15, 0.2) is 58.4 Å². The number of ether oxygens (including phenoxy) is 2. The van der Waals surface area contributed by atoms with Gasteiger partial charge in [0.25, 0.3) is 0 Å². The number of carbonyl (C=O) groups excluding carboxylic acids is 1. The van der Waals surface area contributed by atoms with Crippen LogP contribution in [0.5, 0.6) is 11.5 Å². The van der Waals surface area contributed by atoms with Gasteiger partial charge >= 0.3 is 0 Å². The predicted octanol–water partition coefficient (Wildman–Crippen LogP) is 4.21. The Kier molecular flexibility index (Phi) is 5.01. The second-order valence-corrected chi connectivity index (χ2v) is 7.74. The standard InChI is InChI=1S/C23H21FN4O4/c1-30-15-7-8-19(31-2)16(11-15)21-20-17(25-22-23(26-21)28-32-27-22)9-13(10-18(20)29)12-3-5-14(24)6-4-12/h3-8,11,13,21H,9-10H2,1-2H3,(H,25,27)(H,26,28). The molecule has 0 spiro atoms. The Morgan fingerprint density at radius 3 is 2.56 bits per heavy atom. The van der Waals surface area contributed by atoms with Crippen molar-refractivity contribution >= 4 is 17.4 Å². The predicted molar refractivity (Wildman–Crippen MR) is 114 cm³/mol. The first kappa shape index (κ1) is 20.0. The number of Topliss-reactive ketones (excluding diaryl/α,β-unsaturated/α-hetero) is 1. The van der Waals surface area contributed by atoms with E-state index in [-0.39, 0.29) is 17.5 Å². The normalized spacial score (nSPS) is 19.9. The number of aromatic nitrogens is 2. The summed E-state index contributed by atoms with van der Waals surface area (Å²) in [6.45, 7) is 0. The summed E-state index contributed by atoms with van der Waals surface area (Å²) in [6, 6.07) is 11.1. The maximum atomic E-state index is 13.5. The van der Waals surface area contributed by atoms with Crippen LogP contribution in [0.2, 0.25) is 0 Å². The third kappa shape index (κ3) is 3.45. The fraction of sp³-hybridized carbons (Fsp3) is 0.261. The first-order valence-corrected chi connectivity index (χ1v) is 10.2. The van der Waals surface area contributed by atoms with Crippen molar-refractivity contribution in [1.82, 2.24) is 10.3 Å². The third-order valence-electron chi connectivity index (χ3n) is 5.92. The minimum absolute atomic E-state index is 0.0301. The number of nitrogens with zero attached hydrogens (tertiary/aromatic N) is 2. The molecule has 0 radical (unpaired) electrons. The number of fused-ring (bicyclic) bond motifs is 1. The summed E-state index contributed by atoms with van der Waals surface area (Å²) in [5.74, 6) is 1.59. The second-order valence-electron chi connectivity index (χ2n) is 7.74. The van der Waals surface area contributed by atoms with Gasteiger partial charge in [0, 0.05) is 23.3 Å². The summed E-state index contributed by atoms with van der Waals surface area (Å²) in [6.07, 6.45) is 0.843. The number of allylic oxidation sites excluding steroid dienone is 1. The van der Waals surface area contributed by atoms with Crippen LogP contribution in [-0.2, 0) is 4.79 Å². The van der Waals surface area contributed by atoms with E-state index >= 15 is 0 Å². The van der Waals surface area contributed by atoms with Crippen LogP contribution in [0.25, 0.3) is 0 Å². The Morgan fingerprint density at radius 2 is 1.81 bits per heavy atom. The van der Waals surface area contributed by atoms with Crippen LogP contribution in [0.3, 0.4) is 0 Å². The van der Waals surface area contributed by atoms with Crippen molar-refractivity contribution in [1.29, 1.82) is 0 Å². The van der Waals surface area contributed by atoms with Crippen molar-refractivity contribution in [3.63, 3.8) is 0 Å². The van der Waals surface area contributed by atoms with Crippen molar-refractivity contribution in [3.8, 4) is 11.5 Å². The molecule has 0 bridgehead atoms. The molecule has 1 aliphatic carbocycles. The van der Waals surface area contributed by atoms with E-state index in [0.29, 0.717) is 47.2 Å². The van der Waals surface area contributed by atoms with E-state index in [1.54, 1.807) is 38.5 Å². The highest BCUT2D eigenvalue weighted by molar-refractivity contribution is 6.01. The molecule has 0 amide bonds. The smallest absolute Gasteiger partial charge is 0.219 e. The van der Waals surface area contributed by atoms with E-state index in [1.807, 2.05) is 6.07 Å². The first-order valence-electron chi connectivity index (χ1n) is 10.2. The van der Waals surface area contributed by atoms with Gasteiger partial charge in [0.15, 0.2) is 5.78 Å². The third-order valence-corrected chi connectivity index (χ3v) is 5.92. The highest BCUT2D eigenvalue weighted by atomic mass is 19.1. The van der Waals surface area contributed by atoms with Gasteiger partial charge in [-0.1, -0.05) is 12.1 Å². The number of rotatable bonds is 4. The van der Waals surface area contributed by atoms with E-state index in [1.165, 1.54) is 12.1 Å². The number of benzene rings is 2. The number of anilines is 2. The Balaban J connectivity index is 1.62. The topological polar surface area (TPSA) is 98.5 Å². The van der Waals surface area contributed by atoms with Gasteiger partial charge in [-0.15, -0.1) is 0 Å². The summed E-state index contributed by atoms with van der Waals surface area (Å²) in [5.41, 5.74) is 2.92. The summed E-state index contributed by atoms with van der Waals surface area (Å²) in [5, 5.41) is 14.4. The summed E-state index contributed by atoms with van der Waals surface area (Å²) in [4.78, 5) is 13.5. The molecule has 5 rings (SSSR count). The molecule has 2 N–H and O–H groups in total. The number of halogens is 1. The molecule has 32 heavy (non-hydrogen) atoms. The zero-order valence-corrected chi connectivity index (χ0v) is 17.5. The van der Waals surface area contributed by atoms with Crippen LogP contribution in [0, 0.1) is 5.82 Å². The molecule has 2 unspecified atom stereocenters. The van der Waals surface area contributed by atoms with E-state index in [0.717, 1.165) is 11.1 Å². The van der Waals surface area contributed by atoms with Crippen LogP contribution in [-0.4, -0.2) is 30.3 Å². The average Bonchev–Trinajstić information content (AvgIpc) is 3.17. The van der Waals surface area contributed by atoms with E-state index in [9.17, 15) is 9.18 Å². The Bertz CT molecular complexity index is 1200. The Hall–Kier alpha value is -3.88. The lowest BCUT2D eigenvalue weighted by molar-refractivity contribution is -0.116. The summed E-state index contributed by atoms with van der Waals surface area (Å²) in [7, 11) is 3.16. The molecule has 1 aromatic heterocycles. The highest BCUT2D eigenvalue weighted by Crippen LogP contribution is 2.45. The van der Waals surface area contributed by atoms with Crippen molar-refractivity contribution < 1.29 is 23.3 Å². The van der Waals surface area contributed by atoms with Gasteiger partial charge < -0.3 is 20.1 Å². The highest BCUT2D eigenvalue weighted by Gasteiger charge is 2.38. The first-order chi connectivity index (χ1) is 15.6. The summed E-state index contributed by atoms with van der Waals surface area (Å²) < 4.78 is 29.3. The van der Waals surface area contributed by atoms with Crippen molar-refractivity contribution in [2.45, 2.75) is 24.8 Å². The number of hydrogen-bond donors (Lipinski definition) is 2. The quantitative estimate of drug-likeness (QED) is 0.628. The maximum absolute atomic E-state index is 13.5. The molecule has 9 heteroatoms. The fourth-order valence-corrected chi connectivity index (χ4v) is 4.37. The summed E-state index contributed by atoms with van der Waals surface area (Å²) >= 11 is 0. The van der Waals surface area contributed by atoms with Crippen LogP contribution in [0.1, 0.15) is 35.9 Å². The van der Waals surface area contributed by atoms with E-state index < -0.39 is 6.04 Å². The van der Waals surface area contributed by atoms with Gasteiger partial charge in [-0.2, -0.15) is 0 Å². The molecular formula is C23H21FN4O4. The molecule has 2 aromatic carbocycles. The van der Waals surface area contributed by atoms with Gasteiger partial charge in [-0.05, 0) is 58.5 Å². The molecule has 0 saturated heterocycles. The SMILES string of the molecule is COc1ccc(OC)c(C2Nc3nonc3NC3=C2C(=O)CC(c2ccc(F)cc2)C3)c1. The lowest BCUT2D eigenvalue weighted by Gasteiger charge is -2.30. The van der Waals surface area contributed by atoms with E-state index in [4.69, 9.17) is 14.1 Å². The molecule has 3 aromatic rings. The largest absolute Gasteiger partial charge is 0.497 e. The van der Waals surface area contributed by atoms with Gasteiger partial charge in [0.1, 0.15) is 17.3 Å². The Morgan fingerprint density at radius 1 is 1.03 bits per heavy atom. The molecule has 1 aliphatic heterocycles. The van der Waals surface area contributed by atoms with Gasteiger partial charge in [0.2, 0.25) is 11.6 Å². The number of nitrogens with one attached hydrogen (secondary N) is 2. The lowest BCUT2D eigenvalue weighted by atomic mass is 9.78. The minimum atomic E-state index is -0.558.